The van der Waals surface area contributed by atoms with Crippen molar-refractivity contribution in [2.24, 2.45) is 16.7 Å². The number of hydrogen-bond donors (Lipinski definition) is 1. The summed E-state index contributed by atoms with van der Waals surface area (Å²) >= 11 is 0. The number of carbonyl (C=O) groups excluding carboxylic acids is 3. The van der Waals surface area contributed by atoms with E-state index < -0.39 is 22.7 Å². The van der Waals surface area contributed by atoms with Crippen molar-refractivity contribution in [3.05, 3.63) is 71.8 Å². The lowest BCUT2D eigenvalue weighted by Gasteiger charge is -2.38. The Labute approximate surface area is 211 Å². The van der Waals surface area contributed by atoms with Gasteiger partial charge in [0.2, 0.25) is 0 Å². The average molecular weight is 485 g/mol. The molecule has 1 N–H and O–H groups in total. The van der Waals surface area contributed by atoms with Crippen LogP contribution in [-0.4, -0.2) is 31.8 Å². The van der Waals surface area contributed by atoms with E-state index in [-0.39, 0.29) is 47.9 Å². The number of hydrogen-bond acceptors (Lipinski definition) is 5. The number of aromatic nitrogens is 2. The molecule has 2 heterocycles. The lowest BCUT2D eigenvalue weighted by atomic mass is 9.63. The van der Waals surface area contributed by atoms with Crippen molar-refractivity contribution in [3.63, 3.8) is 0 Å². The van der Waals surface area contributed by atoms with E-state index in [2.05, 4.69) is 0 Å². The molecule has 2 aliphatic carbocycles. The van der Waals surface area contributed by atoms with Crippen LogP contribution in [0.2, 0.25) is 0 Å². The number of aliphatic hydroxyl groups is 1. The van der Waals surface area contributed by atoms with E-state index in [9.17, 15) is 19.5 Å². The maximum absolute atomic E-state index is 13.6. The highest BCUT2D eigenvalue weighted by Crippen LogP contribution is 2.48. The Bertz CT molecular complexity index is 1390. The molecule has 0 bridgehead atoms. The average Bonchev–Trinajstić information content (AvgIpc) is 3.15. The van der Waals surface area contributed by atoms with Gasteiger partial charge < -0.3 is 5.11 Å². The van der Waals surface area contributed by atoms with Crippen LogP contribution in [0.4, 0.5) is 0 Å². The molecule has 1 saturated carbocycles. The molecule has 36 heavy (non-hydrogen) atoms. The zero-order chi connectivity index (χ0) is 25.8. The summed E-state index contributed by atoms with van der Waals surface area (Å²) in [4.78, 5) is 45.7. The lowest BCUT2D eigenvalue weighted by Crippen LogP contribution is -2.43. The predicted octanol–water partition coefficient (Wildman–Crippen LogP) is 5.86. The first-order valence-corrected chi connectivity index (χ1v) is 12.5. The molecule has 2 aromatic heterocycles. The third kappa shape index (κ3) is 4.19. The Morgan fingerprint density at radius 2 is 1.47 bits per heavy atom. The van der Waals surface area contributed by atoms with E-state index in [1.165, 1.54) is 0 Å². The van der Waals surface area contributed by atoms with Gasteiger partial charge in [0.15, 0.2) is 5.78 Å². The number of imidazole rings is 1. The van der Waals surface area contributed by atoms with Crippen LogP contribution in [0.15, 0.2) is 66.1 Å². The van der Waals surface area contributed by atoms with E-state index >= 15 is 0 Å². The first-order chi connectivity index (χ1) is 17.0. The van der Waals surface area contributed by atoms with Crippen molar-refractivity contribution < 1.29 is 19.5 Å². The molecule has 0 saturated heterocycles. The van der Waals surface area contributed by atoms with Gasteiger partial charge in [-0.15, -0.1) is 0 Å². The fourth-order valence-corrected chi connectivity index (χ4v) is 5.97. The minimum Gasteiger partial charge on any atom is -0.512 e. The number of carbonyl (C=O) groups is 3. The van der Waals surface area contributed by atoms with Gasteiger partial charge in [-0.05, 0) is 23.0 Å². The number of ketones is 3. The number of allylic oxidation sites excluding steroid dienone is 2. The van der Waals surface area contributed by atoms with Crippen molar-refractivity contribution in [2.45, 2.75) is 59.3 Å². The smallest absolute Gasteiger partial charge is 0.163 e. The van der Waals surface area contributed by atoms with Gasteiger partial charge in [-0.3, -0.25) is 18.8 Å². The third-order valence-corrected chi connectivity index (χ3v) is 7.44. The molecule has 0 radical (unpaired) electrons. The van der Waals surface area contributed by atoms with Crippen molar-refractivity contribution >= 4 is 22.9 Å². The standard InChI is InChI=1S/C30H32N2O4/c1-29(2)14-20(33)24(21(34)15-29)26(25-22(35)16-30(3,4)17-23(25)36)27-19-12-8-9-13-32(19)28(31-27)18-10-6-5-7-11-18/h5-13,24,26,35H,14-17H2,1-4H3/t26-/m1/s1. The first kappa shape index (κ1) is 24.2. The maximum Gasteiger partial charge on any atom is 0.163 e. The molecule has 3 aromatic rings. The van der Waals surface area contributed by atoms with Gasteiger partial charge in [-0.25, -0.2) is 4.98 Å². The van der Waals surface area contributed by atoms with E-state index in [0.717, 1.165) is 5.56 Å². The topological polar surface area (TPSA) is 88.7 Å². The molecule has 6 nitrogen and oxygen atoms in total. The monoisotopic (exact) mass is 484 g/mol. The molecule has 0 aliphatic heterocycles. The summed E-state index contributed by atoms with van der Waals surface area (Å²) in [6, 6.07) is 15.3. The van der Waals surface area contributed by atoms with Crippen LogP contribution < -0.4 is 0 Å². The van der Waals surface area contributed by atoms with E-state index in [1.807, 2.05) is 86.8 Å². The number of Topliss-reactive ketones (excluding diaryl/α,β-unsaturated/α-hetero) is 3. The molecule has 0 spiro atoms. The minimum absolute atomic E-state index is 0.0370. The van der Waals surface area contributed by atoms with Crippen LogP contribution in [0.3, 0.4) is 0 Å². The summed E-state index contributed by atoms with van der Waals surface area (Å²) < 4.78 is 1.92. The SMILES string of the molecule is CC1(C)CC(=O)C([C@H](C2=C(O)CC(C)(C)CC2=O)c2nc(-c3ccccc3)n3ccccc23)C(=O)C1. The summed E-state index contributed by atoms with van der Waals surface area (Å²) in [7, 11) is 0. The Morgan fingerprint density at radius 1 is 0.861 bits per heavy atom. The van der Waals surface area contributed by atoms with Gasteiger partial charge in [0, 0.05) is 43.0 Å². The molecule has 0 unspecified atom stereocenters. The molecule has 1 fully saturated rings. The van der Waals surface area contributed by atoms with Crippen LogP contribution in [-0.2, 0) is 14.4 Å². The van der Waals surface area contributed by atoms with Crippen LogP contribution >= 0.6 is 0 Å². The molecule has 5 rings (SSSR count). The van der Waals surface area contributed by atoms with Crippen molar-refractivity contribution in [2.75, 3.05) is 0 Å². The van der Waals surface area contributed by atoms with Crippen molar-refractivity contribution in [1.82, 2.24) is 9.38 Å². The maximum atomic E-state index is 13.6. The first-order valence-electron chi connectivity index (χ1n) is 12.5. The van der Waals surface area contributed by atoms with Gasteiger partial charge in [-0.1, -0.05) is 64.1 Å². The summed E-state index contributed by atoms with van der Waals surface area (Å²) in [5, 5.41) is 11.2. The summed E-state index contributed by atoms with van der Waals surface area (Å²) in [6.07, 6.45) is 2.91. The van der Waals surface area contributed by atoms with Crippen molar-refractivity contribution in [1.29, 1.82) is 0 Å². The van der Waals surface area contributed by atoms with Gasteiger partial charge >= 0.3 is 0 Å². The Balaban J connectivity index is 1.77. The number of fused-ring (bicyclic) bond motifs is 1. The Morgan fingerprint density at radius 3 is 2.11 bits per heavy atom. The molecule has 1 aromatic carbocycles. The number of pyridine rings is 1. The molecule has 186 valence electrons. The minimum atomic E-state index is -1.05. The van der Waals surface area contributed by atoms with Gasteiger partial charge in [0.05, 0.1) is 23.0 Å². The third-order valence-electron chi connectivity index (χ3n) is 7.44. The van der Waals surface area contributed by atoms with Crippen LogP contribution in [0.25, 0.3) is 16.9 Å². The number of rotatable bonds is 4. The fourth-order valence-electron chi connectivity index (χ4n) is 5.97. The van der Waals surface area contributed by atoms with E-state index in [1.54, 1.807) is 0 Å². The predicted molar refractivity (Wildman–Crippen MR) is 138 cm³/mol. The molecular formula is C30H32N2O4. The second-order valence-corrected chi connectivity index (χ2v) is 11.8. The number of benzene rings is 1. The second-order valence-electron chi connectivity index (χ2n) is 11.8. The second kappa shape index (κ2) is 8.54. The molecule has 1 atom stereocenters. The van der Waals surface area contributed by atoms with E-state index in [4.69, 9.17) is 4.98 Å². The quantitative estimate of drug-likeness (QED) is 0.469. The summed E-state index contributed by atoms with van der Waals surface area (Å²) in [5.41, 5.74) is 1.41. The largest absolute Gasteiger partial charge is 0.512 e. The molecule has 2 aliphatic rings. The fraction of sp³-hybridized carbons (Fsp3) is 0.400. The molecule has 0 amide bonds. The zero-order valence-electron chi connectivity index (χ0n) is 21.2. The van der Waals surface area contributed by atoms with Crippen LogP contribution in [0.5, 0.6) is 0 Å². The van der Waals surface area contributed by atoms with Crippen LogP contribution in [0, 0.1) is 16.7 Å². The lowest BCUT2D eigenvalue weighted by molar-refractivity contribution is -0.140. The van der Waals surface area contributed by atoms with Gasteiger partial charge in [-0.2, -0.15) is 0 Å². The normalized spacial score (nSPS) is 21.3. The van der Waals surface area contributed by atoms with Gasteiger partial charge in [0.1, 0.15) is 23.2 Å². The number of nitrogens with zero attached hydrogens (tertiary/aromatic N) is 2. The Kier molecular flexibility index (Phi) is 5.73. The van der Waals surface area contributed by atoms with Crippen molar-refractivity contribution in [3.8, 4) is 11.4 Å². The highest BCUT2D eigenvalue weighted by Gasteiger charge is 2.49. The summed E-state index contributed by atoms with van der Waals surface area (Å²) in [5.74, 6) is -1.98. The molecular weight excluding hydrogens is 452 g/mol. The molecule has 6 heteroatoms. The Hall–Kier alpha value is -3.54. The van der Waals surface area contributed by atoms with E-state index in [0.29, 0.717) is 23.5 Å². The van der Waals surface area contributed by atoms with Crippen LogP contribution in [0.1, 0.15) is 65.0 Å². The zero-order valence-corrected chi connectivity index (χ0v) is 21.2. The highest BCUT2D eigenvalue weighted by atomic mass is 16.3. The van der Waals surface area contributed by atoms with Gasteiger partial charge in [0.25, 0.3) is 0 Å². The number of aliphatic hydroxyl groups excluding tert-OH is 1. The summed E-state index contributed by atoms with van der Waals surface area (Å²) in [6.45, 7) is 7.70. The highest BCUT2D eigenvalue weighted by molar-refractivity contribution is 6.09.